The molecule has 0 fully saturated rings. The first-order chi connectivity index (χ1) is 9.90. The maximum atomic E-state index is 12.2. The Labute approximate surface area is 124 Å². The standard InChI is InChI=1S/C13H13N3O4S/c1-6(2)10-11(21-16-15-10)12(18)14-7-3-4-9(17)8(5-7)13(19)20/h3-6,17H,1-2H3,(H,14,18)(H,19,20). The maximum absolute atomic E-state index is 12.2. The topological polar surface area (TPSA) is 112 Å². The molecule has 0 spiro atoms. The van der Waals surface area contributed by atoms with Crippen molar-refractivity contribution in [2.75, 3.05) is 5.32 Å². The van der Waals surface area contributed by atoms with Gasteiger partial charge in [0.2, 0.25) is 0 Å². The smallest absolute Gasteiger partial charge is 0.339 e. The average Bonchev–Trinajstić information content (AvgIpc) is 2.90. The minimum absolute atomic E-state index is 0.0545. The van der Waals surface area contributed by atoms with E-state index in [2.05, 4.69) is 14.9 Å². The Morgan fingerprint density at radius 3 is 2.67 bits per heavy atom. The highest BCUT2D eigenvalue weighted by atomic mass is 32.1. The molecule has 0 saturated heterocycles. The van der Waals surface area contributed by atoms with Crippen molar-refractivity contribution in [3.63, 3.8) is 0 Å². The van der Waals surface area contributed by atoms with E-state index in [1.165, 1.54) is 18.2 Å². The number of phenols is 1. The van der Waals surface area contributed by atoms with Crippen molar-refractivity contribution >= 4 is 29.1 Å². The SMILES string of the molecule is CC(C)c1nnsc1C(=O)Nc1ccc(O)c(C(=O)O)c1. The third-order valence-electron chi connectivity index (χ3n) is 2.75. The summed E-state index contributed by atoms with van der Waals surface area (Å²) in [5.41, 5.74) is 0.590. The van der Waals surface area contributed by atoms with Crippen LogP contribution in [0.3, 0.4) is 0 Å². The summed E-state index contributed by atoms with van der Waals surface area (Å²) in [5, 5.41) is 24.9. The summed E-state index contributed by atoms with van der Waals surface area (Å²) in [4.78, 5) is 23.5. The summed E-state index contributed by atoms with van der Waals surface area (Å²) in [6, 6.07) is 3.83. The predicted octanol–water partition coefficient (Wildman–Crippen LogP) is 2.32. The van der Waals surface area contributed by atoms with Gasteiger partial charge in [-0.05, 0) is 35.6 Å². The molecule has 0 radical (unpaired) electrons. The summed E-state index contributed by atoms with van der Waals surface area (Å²) in [5.74, 6) is -1.98. The van der Waals surface area contributed by atoms with Crippen LogP contribution in [-0.4, -0.2) is 31.7 Å². The number of aromatic hydroxyl groups is 1. The average molecular weight is 307 g/mol. The second kappa shape index (κ2) is 5.88. The number of carbonyl (C=O) groups excluding carboxylic acids is 1. The van der Waals surface area contributed by atoms with Crippen LogP contribution < -0.4 is 5.32 Å². The van der Waals surface area contributed by atoms with E-state index in [-0.39, 0.29) is 22.9 Å². The number of carboxylic acid groups (broad SMARTS) is 1. The van der Waals surface area contributed by atoms with E-state index in [1.807, 2.05) is 13.8 Å². The first-order valence-electron chi connectivity index (χ1n) is 6.10. The van der Waals surface area contributed by atoms with E-state index in [0.29, 0.717) is 10.6 Å². The van der Waals surface area contributed by atoms with Gasteiger partial charge in [-0.3, -0.25) is 4.79 Å². The van der Waals surface area contributed by atoms with Crippen LogP contribution in [0, 0.1) is 0 Å². The van der Waals surface area contributed by atoms with Crippen LogP contribution >= 0.6 is 11.5 Å². The van der Waals surface area contributed by atoms with Crippen LogP contribution in [0.5, 0.6) is 5.75 Å². The lowest BCUT2D eigenvalue weighted by atomic mass is 10.1. The van der Waals surface area contributed by atoms with Gasteiger partial charge in [0.15, 0.2) is 0 Å². The molecule has 0 saturated carbocycles. The lowest BCUT2D eigenvalue weighted by Crippen LogP contribution is -2.13. The number of hydrogen-bond acceptors (Lipinski definition) is 6. The highest BCUT2D eigenvalue weighted by molar-refractivity contribution is 7.08. The Balaban J connectivity index is 2.26. The Hall–Kier alpha value is -2.48. The van der Waals surface area contributed by atoms with Crippen molar-refractivity contribution in [3.05, 3.63) is 34.3 Å². The molecular weight excluding hydrogens is 294 g/mol. The highest BCUT2D eigenvalue weighted by Crippen LogP contribution is 2.24. The number of carboxylic acids is 1. The predicted molar refractivity (Wildman–Crippen MR) is 77.0 cm³/mol. The quantitative estimate of drug-likeness (QED) is 0.747. The van der Waals surface area contributed by atoms with Crippen LogP contribution in [0.1, 0.15) is 45.5 Å². The molecule has 0 atom stereocenters. The molecule has 0 unspecified atom stereocenters. The number of nitrogens with zero attached hydrogens (tertiary/aromatic N) is 2. The zero-order valence-electron chi connectivity index (χ0n) is 11.3. The molecule has 21 heavy (non-hydrogen) atoms. The summed E-state index contributed by atoms with van der Waals surface area (Å²) < 4.78 is 3.76. The van der Waals surface area contributed by atoms with Gasteiger partial charge in [-0.15, -0.1) is 5.10 Å². The van der Waals surface area contributed by atoms with Gasteiger partial charge in [-0.1, -0.05) is 18.3 Å². The Morgan fingerprint density at radius 1 is 1.33 bits per heavy atom. The second-order valence-electron chi connectivity index (χ2n) is 4.63. The van der Waals surface area contributed by atoms with Crippen molar-refractivity contribution in [3.8, 4) is 5.75 Å². The van der Waals surface area contributed by atoms with E-state index in [9.17, 15) is 14.7 Å². The minimum atomic E-state index is -1.27. The molecule has 0 bridgehead atoms. The molecule has 0 aliphatic carbocycles. The van der Waals surface area contributed by atoms with Crippen LogP contribution in [0.4, 0.5) is 5.69 Å². The summed E-state index contributed by atoms with van der Waals surface area (Å²) in [6.07, 6.45) is 0. The lowest BCUT2D eigenvalue weighted by molar-refractivity contribution is 0.0693. The molecule has 0 aliphatic heterocycles. The summed E-state index contributed by atoms with van der Waals surface area (Å²) in [6.45, 7) is 3.80. The van der Waals surface area contributed by atoms with Gasteiger partial charge in [0, 0.05) is 5.69 Å². The van der Waals surface area contributed by atoms with Gasteiger partial charge in [0.25, 0.3) is 5.91 Å². The molecule has 110 valence electrons. The Kier molecular flexibility index (Phi) is 4.18. The number of aromatic carboxylic acids is 1. The first-order valence-corrected chi connectivity index (χ1v) is 6.87. The third-order valence-corrected chi connectivity index (χ3v) is 3.49. The van der Waals surface area contributed by atoms with E-state index >= 15 is 0 Å². The molecule has 1 amide bonds. The van der Waals surface area contributed by atoms with Crippen LogP contribution in [0.15, 0.2) is 18.2 Å². The zero-order valence-corrected chi connectivity index (χ0v) is 12.1. The molecular formula is C13H13N3O4S. The second-order valence-corrected chi connectivity index (χ2v) is 5.39. The summed E-state index contributed by atoms with van der Waals surface area (Å²) >= 11 is 0.980. The van der Waals surface area contributed by atoms with Gasteiger partial charge in [0.05, 0.1) is 5.69 Å². The first kappa shape index (κ1) is 14.9. The van der Waals surface area contributed by atoms with Crippen molar-refractivity contribution in [2.24, 2.45) is 0 Å². The van der Waals surface area contributed by atoms with Gasteiger partial charge in [0.1, 0.15) is 16.2 Å². The number of hydrogen-bond donors (Lipinski definition) is 3. The summed E-state index contributed by atoms with van der Waals surface area (Å²) in [7, 11) is 0. The molecule has 1 aromatic heterocycles. The fourth-order valence-corrected chi connectivity index (χ4v) is 2.42. The van der Waals surface area contributed by atoms with E-state index in [0.717, 1.165) is 11.5 Å². The van der Waals surface area contributed by atoms with Gasteiger partial charge < -0.3 is 15.5 Å². The Morgan fingerprint density at radius 2 is 2.05 bits per heavy atom. The zero-order chi connectivity index (χ0) is 15.6. The molecule has 1 aromatic carbocycles. The highest BCUT2D eigenvalue weighted by Gasteiger charge is 2.19. The van der Waals surface area contributed by atoms with E-state index in [1.54, 1.807) is 0 Å². The number of nitrogens with one attached hydrogen (secondary N) is 1. The van der Waals surface area contributed by atoms with Crippen molar-refractivity contribution in [2.45, 2.75) is 19.8 Å². The van der Waals surface area contributed by atoms with Gasteiger partial charge in [-0.2, -0.15) is 0 Å². The van der Waals surface area contributed by atoms with Gasteiger partial charge in [-0.25, -0.2) is 4.79 Å². The van der Waals surface area contributed by atoms with Crippen molar-refractivity contribution < 1.29 is 19.8 Å². The van der Waals surface area contributed by atoms with Crippen LogP contribution in [-0.2, 0) is 0 Å². The van der Waals surface area contributed by atoms with Crippen molar-refractivity contribution in [1.29, 1.82) is 0 Å². The Bertz CT molecular complexity index is 696. The number of carbonyl (C=O) groups is 2. The fraction of sp³-hybridized carbons (Fsp3) is 0.231. The number of benzene rings is 1. The number of amides is 1. The van der Waals surface area contributed by atoms with E-state index in [4.69, 9.17) is 5.11 Å². The minimum Gasteiger partial charge on any atom is -0.507 e. The largest absolute Gasteiger partial charge is 0.507 e. The van der Waals surface area contributed by atoms with Crippen LogP contribution in [0.2, 0.25) is 0 Å². The van der Waals surface area contributed by atoms with Gasteiger partial charge >= 0.3 is 5.97 Å². The fourth-order valence-electron chi connectivity index (χ4n) is 1.71. The number of rotatable bonds is 4. The maximum Gasteiger partial charge on any atom is 0.339 e. The normalized spacial score (nSPS) is 10.6. The lowest BCUT2D eigenvalue weighted by Gasteiger charge is -2.07. The molecule has 7 nitrogen and oxygen atoms in total. The molecule has 2 aromatic rings. The van der Waals surface area contributed by atoms with E-state index < -0.39 is 11.9 Å². The third kappa shape index (κ3) is 3.16. The molecule has 3 N–H and O–H groups in total. The monoisotopic (exact) mass is 307 g/mol. The molecule has 2 rings (SSSR count). The molecule has 0 aliphatic rings. The molecule has 8 heteroatoms. The molecule has 1 heterocycles. The van der Waals surface area contributed by atoms with Crippen LogP contribution in [0.25, 0.3) is 0 Å². The van der Waals surface area contributed by atoms with Crippen molar-refractivity contribution in [1.82, 2.24) is 9.59 Å². The number of anilines is 1. The number of aromatic nitrogens is 2.